The van der Waals surface area contributed by atoms with Crippen molar-refractivity contribution in [1.29, 1.82) is 0 Å². The summed E-state index contributed by atoms with van der Waals surface area (Å²) in [4.78, 5) is 30.3. The van der Waals surface area contributed by atoms with Crippen LogP contribution in [-0.4, -0.2) is 41.3 Å². The minimum atomic E-state index is -0.216. The van der Waals surface area contributed by atoms with E-state index in [0.717, 1.165) is 29.6 Å². The molecule has 6 nitrogen and oxygen atoms in total. The lowest BCUT2D eigenvalue weighted by Crippen LogP contribution is -2.33. The summed E-state index contributed by atoms with van der Waals surface area (Å²) in [6.07, 6.45) is 1.89. The first-order chi connectivity index (χ1) is 13.6. The van der Waals surface area contributed by atoms with Gasteiger partial charge < -0.3 is 15.6 Å². The van der Waals surface area contributed by atoms with Crippen LogP contribution in [0, 0.1) is 0 Å². The largest absolute Gasteiger partial charge is 0.361 e. The van der Waals surface area contributed by atoms with Gasteiger partial charge in [-0.25, -0.2) is 0 Å². The number of aromatic nitrogens is 1. The molecule has 3 N–H and O–H groups in total. The van der Waals surface area contributed by atoms with Crippen LogP contribution in [0.15, 0.2) is 54.7 Å². The van der Waals surface area contributed by atoms with Crippen LogP contribution >= 0.6 is 0 Å². The van der Waals surface area contributed by atoms with Gasteiger partial charge in [0, 0.05) is 23.6 Å². The molecule has 0 atom stereocenters. The van der Waals surface area contributed by atoms with Crippen molar-refractivity contribution in [3.8, 4) is 0 Å². The predicted molar refractivity (Wildman–Crippen MR) is 112 cm³/mol. The Hall–Kier alpha value is -3.12. The number of H-pyrrole nitrogens is 1. The molecule has 0 bridgehead atoms. The number of fused-ring (bicyclic) bond motifs is 1. The molecule has 0 aliphatic carbocycles. The maximum Gasteiger partial charge on any atom is 0.253 e. The van der Waals surface area contributed by atoms with Crippen molar-refractivity contribution in [2.24, 2.45) is 0 Å². The molecule has 28 heavy (non-hydrogen) atoms. The molecule has 6 heteroatoms. The van der Waals surface area contributed by atoms with E-state index >= 15 is 0 Å². The number of hydrogen-bond donors (Lipinski definition) is 3. The standard InChI is InChI=1S/C22H26N4O2/c1-3-26(4-2)15-21(27)25-20-10-6-5-9-18(20)22(28)24-14-16-8-7-11-19-17(16)12-13-23-19/h5-13,23H,3-4,14-15H2,1-2H3,(H,24,28)(H,25,27). The molecule has 2 amide bonds. The number of carbonyl (C=O) groups is 2. The highest BCUT2D eigenvalue weighted by atomic mass is 16.2. The molecule has 3 aromatic rings. The van der Waals surface area contributed by atoms with E-state index in [-0.39, 0.29) is 11.8 Å². The fourth-order valence-electron chi connectivity index (χ4n) is 3.21. The van der Waals surface area contributed by atoms with Crippen LogP contribution in [0.1, 0.15) is 29.8 Å². The zero-order valence-electron chi connectivity index (χ0n) is 16.3. The van der Waals surface area contributed by atoms with Gasteiger partial charge in [-0.3, -0.25) is 14.5 Å². The molecule has 0 unspecified atom stereocenters. The van der Waals surface area contributed by atoms with Gasteiger partial charge in [-0.15, -0.1) is 0 Å². The van der Waals surface area contributed by atoms with Crippen LogP contribution in [-0.2, 0) is 11.3 Å². The molecular weight excluding hydrogens is 352 g/mol. The zero-order valence-corrected chi connectivity index (χ0v) is 16.3. The second-order valence-corrected chi connectivity index (χ2v) is 6.59. The summed E-state index contributed by atoms with van der Waals surface area (Å²) in [5.41, 5.74) is 3.06. The topological polar surface area (TPSA) is 77.2 Å². The van der Waals surface area contributed by atoms with Crippen molar-refractivity contribution in [2.75, 3.05) is 25.0 Å². The first-order valence-corrected chi connectivity index (χ1v) is 9.56. The van der Waals surface area contributed by atoms with Crippen molar-refractivity contribution < 1.29 is 9.59 Å². The predicted octanol–water partition coefficient (Wildman–Crippen LogP) is 3.38. The Morgan fingerprint density at radius 1 is 1.00 bits per heavy atom. The van der Waals surface area contributed by atoms with Crippen LogP contribution in [0.25, 0.3) is 10.9 Å². The number of aromatic amines is 1. The van der Waals surface area contributed by atoms with Crippen LogP contribution < -0.4 is 10.6 Å². The summed E-state index contributed by atoms with van der Waals surface area (Å²) in [6, 6.07) is 15.0. The fourth-order valence-corrected chi connectivity index (χ4v) is 3.21. The lowest BCUT2D eigenvalue weighted by molar-refractivity contribution is -0.117. The Morgan fingerprint density at radius 3 is 2.57 bits per heavy atom. The van der Waals surface area contributed by atoms with Gasteiger partial charge in [-0.1, -0.05) is 38.1 Å². The van der Waals surface area contributed by atoms with Gasteiger partial charge in [-0.2, -0.15) is 0 Å². The number of rotatable bonds is 8. The van der Waals surface area contributed by atoms with E-state index < -0.39 is 0 Å². The minimum absolute atomic E-state index is 0.124. The highest BCUT2D eigenvalue weighted by Crippen LogP contribution is 2.18. The maximum absolute atomic E-state index is 12.7. The van der Waals surface area contributed by atoms with E-state index in [2.05, 4.69) is 15.6 Å². The average Bonchev–Trinajstić information content (AvgIpc) is 3.20. The quantitative estimate of drug-likeness (QED) is 0.562. The Balaban J connectivity index is 1.68. The van der Waals surface area contributed by atoms with Crippen molar-refractivity contribution in [3.05, 3.63) is 65.9 Å². The van der Waals surface area contributed by atoms with Crippen molar-refractivity contribution >= 4 is 28.4 Å². The molecule has 146 valence electrons. The molecule has 2 aromatic carbocycles. The lowest BCUT2D eigenvalue weighted by Gasteiger charge is -2.18. The maximum atomic E-state index is 12.7. The highest BCUT2D eigenvalue weighted by Gasteiger charge is 2.14. The zero-order chi connectivity index (χ0) is 19.9. The van der Waals surface area contributed by atoms with Gasteiger partial charge in [0.1, 0.15) is 0 Å². The summed E-state index contributed by atoms with van der Waals surface area (Å²) >= 11 is 0. The number of benzene rings is 2. The summed E-state index contributed by atoms with van der Waals surface area (Å²) in [5, 5.41) is 6.91. The average molecular weight is 378 g/mol. The van der Waals surface area contributed by atoms with E-state index in [4.69, 9.17) is 0 Å². The summed E-state index contributed by atoms with van der Waals surface area (Å²) in [6.45, 7) is 6.36. The molecule has 0 fully saturated rings. The van der Waals surface area contributed by atoms with Crippen LogP contribution in [0.3, 0.4) is 0 Å². The van der Waals surface area contributed by atoms with Gasteiger partial charge in [0.25, 0.3) is 5.91 Å². The number of anilines is 1. The number of amides is 2. The Bertz CT molecular complexity index is 960. The SMILES string of the molecule is CCN(CC)CC(=O)Nc1ccccc1C(=O)NCc1cccc2[nH]ccc12. The van der Waals surface area contributed by atoms with E-state index in [1.165, 1.54) is 0 Å². The minimum Gasteiger partial charge on any atom is -0.361 e. The highest BCUT2D eigenvalue weighted by molar-refractivity contribution is 6.04. The molecular formula is C22H26N4O2. The van der Waals surface area contributed by atoms with Crippen LogP contribution in [0.4, 0.5) is 5.69 Å². The van der Waals surface area contributed by atoms with Crippen LogP contribution in [0.5, 0.6) is 0 Å². The molecule has 0 spiro atoms. The summed E-state index contributed by atoms with van der Waals surface area (Å²) in [7, 11) is 0. The third kappa shape index (κ3) is 4.58. The Morgan fingerprint density at radius 2 is 1.79 bits per heavy atom. The number of likely N-dealkylation sites (N-methyl/N-ethyl adjacent to an activating group) is 1. The van der Waals surface area contributed by atoms with Gasteiger partial charge in [0.05, 0.1) is 17.8 Å². The van der Waals surface area contributed by atoms with Gasteiger partial charge in [0.2, 0.25) is 5.91 Å². The molecule has 0 radical (unpaired) electrons. The van der Waals surface area contributed by atoms with E-state index in [1.807, 2.05) is 55.3 Å². The van der Waals surface area contributed by atoms with Crippen molar-refractivity contribution in [3.63, 3.8) is 0 Å². The molecule has 0 saturated heterocycles. The lowest BCUT2D eigenvalue weighted by atomic mass is 10.1. The summed E-state index contributed by atoms with van der Waals surface area (Å²) < 4.78 is 0. The number of nitrogens with zero attached hydrogens (tertiary/aromatic N) is 1. The van der Waals surface area contributed by atoms with E-state index in [1.54, 1.807) is 18.2 Å². The smallest absolute Gasteiger partial charge is 0.253 e. The molecule has 0 saturated carbocycles. The molecule has 3 rings (SSSR count). The van der Waals surface area contributed by atoms with Gasteiger partial charge >= 0.3 is 0 Å². The van der Waals surface area contributed by atoms with Crippen molar-refractivity contribution in [2.45, 2.75) is 20.4 Å². The summed E-state index contributed by atoms with van der Waals surface area (Å²) in [5.74, 6) is -0.340. The first-order valence-electron chi connectivity index (χ1n) is 9.56. The third-order valence-corrected chi connectivity index (χ3v) is 4.83. The van der Waals surface area contributed by atoms with Gasteiger partial charge in [0.15, 0.2) is 0 Å². The van der Waals surface area contributed by atoms with E-state index in [0.29, 0.717) is 24.3 Å². The van der Waals surface area contributed by atoms with E-state index in [9.17, 15) is 9.59 Å². The Labute approximate surface area is 164 Å². The van der Waals surface area contributed by atoms with Gasteiger partial charge in [-0.05, 0) is 42.9 Å². The molecule has 0 aliphatic heterocycles. The van der Waals surface area contributed by atoms with Crippen molar-refractivity contribution in [1.82, 2.24) is 15.2 Å². The molecule has 0 aliphatic rings. The number of hydrogen-bond acceptors (Lipinski definition) is 3. The second kappa shape index (κ2) is 9.19. The normalized spacial score (nSPS) is 11.0. The molecule has 1 aromatic heterocycles. The second-order valence-electron chi connectivity index (χ2n) is 6.59. The first kappa shape index (κ1) is 19.6. The van der Waals surface area contributed by atoms with Crippen LogP contribution in [0.2, 0.25) is 0 Å². The number of carbonyl (C=O) groups excluding carboxylic acids is 2. The third-order valence-electron chi connectivity index (χ3n) is 4.83. The number of para-hydroxylation sites is 1. The Kier molecular flexibility index (Phi) is 6.45. The monoisotopic (exact) mass is 378 g/mol. The molecule has 1 heterocycles. The number of nitrogens with one attached hydrogen (secondary N) is 3. The fraction of sp³-hybridized carbons (Fsp3) is 0.273.